The monoisotopic (exact) mass is 409 g/mol. The highest BCUT2D eigenvalue weighted by molar-refractivity contribution is 7.89. The minimum absolute atomic E-state index is 0.0861. The first-order valence-electron chi connectivity index (χ1n) is 8.10. The Morgan fingerprint density at radius 1 is 1.19 bits per heavy atom. The molecule has 10 heteroatoms. The second-order valence-electron chi connectivity index (χ2n) is 5.98. The predicted octanol–water partition coefficient (Wildman–Crippen LogP) is 3.49. The molecule has 142 valence electrons. The zero-order valence-electron chi connectivity index (χ0n) is 14.1. The van der Waals surface area contributed by atoms with Crippen molar-refractivity contribution in [3.63, 3.8) is 0 Å². The van der Waals surface area contributed by atoms with Crippen molar-refractivity contribution in [1.29, 1.82) is 0 Å². The summed E-state index contributed by atoms with van der Waals surface area (Å²) < 4.78 is 26.4. The molecule has 1 aliphatic rings. The van der Waals surface area contributed by atoms with Gasteiger partial charge in [-0.15, -0.1) is 0 Å². The van der Waals surface area contributed by atoms with Gasteiger partial charge >= 0.3 is 5.69 Å². The summed E-state index contributed by atoms with van der Waals surface area (Å²) in [5.41, 5.74) is -0.00336. The molecule has 0 spiro atoms. The molecule has 0 amide bonds. The van der Waals surface area contributed by atoms with Crippen LogP contribution in [0.25, 0.3) is 0 Å². The number of nitro groups is 1. The standard InChI is InChI=1S/C17H16ClN3O5S/c18-13-9-12(17(22)16(10-13)21(23)24)11-19-14-3-5-15(6-4-14)27(25,26)20-7-1-2-8-20/h3-6,9-11,22H,1-2,7-8H2. The van der Waals surface area contributed by atoms with Crippen LogP contribution in [0.1, 0.15) is 18.4 Å². The second-order valence-corrected chi connectivity index (χ2v) is 8.36. The summed E-state index contributed by atoms with van der Waals surface area (Å²) in [4.78, 5) is 14.5. The number of hydrogen-bond acceptors (Lipinski definition) is 6. The molecule has 0 aromatic heterocycles. The number of rotatable bonds is 5. The summed E-state index contributed by atoms with van der Waals surface area (Å²) in [7, 11) is -3.50. The number of benzene rings is 2. The Morgan fingerprint density at radius 2 is 1.81 bits per heavy atom. The van der Waals surface area contributed by atoms with Gasteiger partial charge in [-0.05, 0) is 43.2 Å². The lowest BCUT2D eigenvalue weighted by molar-refractivity contribution is -0.385. The number of sulfonamides is 1. The molecule has 1 heterocycles. The van der Waals surface area contributed by atoms with Crippen LogP contribution in [0.4, 0.5) is 11.4 Å². The molecule has 27 heavy (non-hydrogen) atoms. The third kappa shape index (κ3) is 4.10. The summed E-state index contributed by atoms with van der Waals surface area (Å²) in [6, 6.07) is 8.36. The number of halogens is 1. The lowest BCUT2D eigenvalue weighted by Gasteiger charge is -2.15. The highest BCUT2D eigenvalue weighted by Gasteiger charge is 2.26. The Balaban J connectivity index is 1.84. The van der Waals surface area contributed by atoms with Crippen LogP contribution in [-0.4, -0.2) is 42.1 Å². The van der Waals surface area contributed by atoms with Gasteiger partial charge in [0.1, 0.15) is 0 Å². The molecule has 1 fully saturated rings. The van der Waals surface area contributed by atoms with Crippen molar-refractivity contribution < 1.29 is 18.4 Å². The molecule has 0 atom stereocenters. The van der Waals surface area contributed by atoms with Crippen LogP contribution < -0.4 is 0 Å². The van der Waals surface area contributed by atoms with Crippen LogP contribution >= 0.6 is 11.6 Å². The lowest BCUT2D eigenvalue weighted by Crippen LogP contribution is -2.27. The number of phenols is 1. The highest BCUT2D eigenvalue weighted by Crippen LogP contribution is 2.32. The Kier molecular flexibility index (Phi) is 5.45. The van der Waals surface area contributed by atoms with E-state index in [0.29, 0.717) is 18.8 Å². The fourth-order valence-electron chi connectivity index (χ4n) is 2.77. The summed E-state index contributed by atoms with van der Waals surface area (Å²) in [6.45, 7) is 1.05. The molecule has 0 aliphatic carbocycles. The fourth-order valence-corrected chi connectivity index (χ4v) is 4.51. The highest BCUT2D eigenvalue weighted by atomic mass is 35.5. The predicted molar refractivity (Wildman–Crippen MR) is 101 cm³/mol. The molecule has 8 nitrogen and oxygen atoms in total. The quantitative estimate of drug-likeness (QED) is 0.461. The van der Waals surface area contributed by atoms with E-state index < -0.39 is 26.4 Å². The number of nitrogens with zero attached hydrogens (tertiary/aromatic N) is 3. The Hall–Kier alpha value is -2.49. The van der Waals surface area contributed by atoms with E-state index in [4.69, 9.17) is 11.6 Å². The number of phenolic OH excluding ortho intramolecular Hbond substituents is 1. The zero-order valence-corrected chi connectivity index (χ0v) is 15.7. The average Bonchev–Trinajstić information content (AvgIpc) is 3.18. The summed E-state index contributed by atoms with van der Waals surface area (Å²) >= 11 is 5.83. The van der Waals surface area contributed by atoms with Crippen molar-refractivity contribution in [3.05, 3.63) is 57.1 Å². The molecule has 1 aliphatic heterocycles. The first-order chi connectivity index (χ1) is 12.8. The van der Waals surface area contributed by atoms with Crippen molar-refractivity contribution in [1.82, 2.24) is 4.31 Å². The Bertz CT molecular complexity index is 1000. The van der Waals surface area contributed by atoms with E-state index in [1.54, 1.807) is 0 Å². The van der Waals surface area contributed by atoms with E-state index in [-0.39, 0.29) is 15.5 Å². The van der Waals surface area contributed by atoms with E-state index in [1.165, 1.54) is 40.9 Å². The maximum atomic E-state index is 12.5. The molecule has 3 rings (SSSR count). The molecule has 1 N–H and O–H groups in total. The van der Waals surface area contributed by atoms with Gasteiger partial charge in [0.05, 0.1) is 15.5 Å². The SMILES string of the molecule is O=[N+]([O-])c1cc(Cl)cc(C=Nc2ccc(S(=O)(=O)N3CCCC3)cc2)c1O. The van der Waals surface area contributed by atoms with Crippen LogP contribution in [0.2, 0.25) is 5.02 Å². The summed E-state index contributed by atoms with van der Waals surface area (Å²) in [5, 5.41) is 21.0. The van der Waals surface area contributed by atoms with Crippen molar-refractivity contribution >= 4 is 39.2 Å². The first kappa shape index (κ1) is 19.3. The maximum absolute atomic E-state index is 12.5. The van der Waals surface area contributed by atoms with Crippen LogP contribution in [0.15, 0.2) is 46.3 Å². The summed E-state index contributed by atoms with van der Waals surface area (Å²) in [6.07, 6.45) is 2.95. The Morgan fingerprint density at radius 3 is 2.41 bits per heavy atom. The second kappa shape index (κ2) is 7.63. The van der Waals surface area contributed by atoms with Gasteiger partial charge < -0.3 is 5.11 Å². The fraction of sp³-hybridized carbons (Fsp3) is 0.235. The van der Waals surface area contributed by atoms with Crippen molar-refractivity contribution in [2.45, 2.75) is 17.7 Å². The number of aliphatic imine (C=N–C) groups is 1. The van der Waals surface area contributed by atoms with Gasteiger partial charge in [0.2, 0.25) is 15.8 Å². The average molecular weight is 410 g/mol. The molecular weight excluding hydrogens is 394 g/mol. The van der Waals surface area contributed by atoms with E-state index >= 15 is 0 Å². The molecule has 0 radical (unpaired) electrons. The van der Waals surface area contributed by atoms with Gasteiger partial charge in [-0.1, -0.05) is 11.6 Å². The largest absolute Gasteiger partial charge is 0.502 e. The molecule has 1 saturated heterocycles. The molecule has 2 aromatic carbocycles. The molecular formula is C17H16ClN3O5S. The van der Waals surface area contributed by atoms with Gasteiger partial charge in [-0.2, -0.15) is 4.31 Å². The van der Waals surface area contributed by atoms with Crippen molar-refractivity contribution in [2.75, 3.05) is 13.1 Å². The minimum Gasteiger partial charge on any atom is -0.502 e. The minimum atomic E-state index is -3.50. The molecule has 0 saturated carbocycles. The third-order valence-electron chi connectivity index (χ3n) is 4.17. The normalized spacial score (nSPS) is 15.4. The van der Waals surface area contributed by atoms with Gasteiger partial charge in [0, 0.05) is 36.0 Å². The lowest BCUT2D eigenvalue weighted by atomic mass is 10.2. The topological polar surface area (TPSA) is 113 Å². The first-order valence-corrected chi connectivity index (χ1v) is 9.92. The van der Waals surface area contributed by atoms with E-state index in [9.17, 15) is 23.6 Å². The van der Waals surface area contributed by atoms with Gasteiger partial charge in [0.15, 0.2) is 0 Å². The van der Waals surface area contributed by atoms with Crippen molar-refractivity contribution in [2.24, 2.45) is 4.99 Å². The number of nitro benzene ring substituents is 1. The molecule has 2 aromatic rings. The third-order valence-corrected chi connectivity index (χ3v) is 6.30. The zero-order chi connectivity index (χ0) is 19.6. The van der Waals surface area contributed by atoms with Gasteiger partial charge in [0.25, 0.3) is 0 Å². The van der Waals surface area contributed by atoms with Gasteiger partial charge in [-0.3, -0.25) is 15.1 Å². The molecule has 0 unspecified atom stereocenters. The van der Waals surface area contributed by atoms with Crippen LogP contribution in [0, 0.1) is 10.1 Å². The van der Waals surface area contributed by atoms with Crippen LogP contribution in [-0.2, 0) is 10.0 Å². The molecule has 0 bridgehead atoms. The maximum Gasteiger partial charge on any atom is 0.312 e. The van der Waals surface area contributed by atoms with Gasteiger partial charge in [-0.25, -0.2) is 8.42 Å². The number of hydrogen-bond donors (Lipinski definition) is 1. The van der Waals surface area contributed by atoms with Crippen LogP contribution in [0.5, 0.6) is 5.75 Å². The van der Waals surface area contributed by atoms with Crippen LogP contribution in [0.3, 0.4) is 0 Å². The van der Waals surface area contributed by atoms with E-state index in [2.05, 4.69) is 4.99 Å². The van der Waals surface area contributed by atoms with Crippen molar-refractivity contribution in [3.8, 4) is 5.75 Å². The number of aromatic hydroxyl groups is 1. The summed E-state index contributed by atoms with van der Waals surface area (Å²) in [5.74, 6) is -0.540. The van der Waals surface area contributed by atoms with E-state index in [0.717, 1.165) is 18.9 Å². The Labute approximate surface area is 160 Å². The smallest absolute Gasteiger partial charge is 0.312 e. The van der Waals surface area contributed by atoms with E-state index in [1.807, 2.05) is 0 Å².